The van der Waals surface area contributed by atoms with E-state index in [1.807, 2.05) is 19.1 Å². The van der Waals surface area contributed by atoms with E-state index in [9.17, 15) is 0 Å². The average molecular weight is 257 g/mol. The van der Waals surface area contributed by atoms with Crippen molar-refractivity contribution in [3.05, 3.63) is 28.3 Å². The van der Waals surface area contributed by atoms with Crippen LogP contribution >= 0.6 is 11.6 Å². The second kappa shape index (κ2) is 6.24. The smallest absolute Gasteiger partial charge is 0.142 e. The zero-order valence-corrected chi connectivity index (χ0v) is 11.4. The summed E-state index contributed by atoms with van der Waals surface area (Å²) >= 11 is 6.24. The normalized spacial score (nSPS) is 12.9. The predicted octanol–water partition coefficient (Wildman–Crippen LogP) is 2.82. The molecule has 0 spiro atoms. The van der Waals surface area contributed by atoms with Crippen molar-refractivity contribution in [2.45, 2.75) is 32.7 Å². The predicted molar refractivity (Wildman–Crippen MR) is 72.7 cm³/mol. The third kappa shape index (κ3) is 3.35. The maximum atomic E-state index is 6.24. The first-order chi connectivity index (χ1) is 8.01. The highest BCUT2D eigenvalue weighted by atomic mass is 35.5. The molecule has 0 heterocycles. The molecule has 0 aromatic heterocycles. The van der Waals surface area contributed by atoms with E-state index < -0.39 is 0 Å². The van der Waals surface area contributed by atoms with Gasteiger partial charge in [-0.2, -0.15) is 0 Å². The summed E-state index contributed by atoms with van der Waals surface area (Å²) < 4.78 is 5.56. The molecule has 4 N–H and O–H groups in total. The molecule has 0 aliphatic heterocycles. The van der Waals surface area contributed by atoms with Crippen molar-refractivity contribution in [3.63, 3.8) is 0 Å². The minimum Gasteiger partial charge on any atom is -0.492 e. The molecule has 3 nitrogen and oxygen atoms in total. The van der Waals surface area contributed by atoms with E-state index in [1.165, 1.54) is 0 Å². The van der Waals surface area contributed by atoms with Crippen molar-refractivity contribution in [1.29, 1.82) is 0 Å². The zero-order chi connectivity index (χ0) is 13.0. The summed E-state index contributed by atoms with van der Waals surface area (Å²) in [4.78, 5) is 0. The number of halogens is 1. The Morgan fingerprint density at radius 2 is 2.00 bits per heavy atom. The molecular formula is C13H21ClN2O. The van der Waals surface area contributed by atoms with Gasteiger partial charge in [-0.05, 0) is 24.5 Å². The van der Waals surface area contributed by atoms with Gasteiger partial charge in [0.1, 0.15) is 5.75 Å². The van der Waals surface area contributed by atoms with Crippen LogP contribution in [0, 0.1) is 0 Å². The third-order valence-electron chi connectivity index (χ3n) is 2.70. The molecular weight excluding hydrogens is 236 g/mol. The van der Waals surface area contributed by atoms with E-state index in [0.717, 1.165) is 11.1 Å². The first-order valence-electron chi connectivity index (χ1n) is 5.93. The van der Waals surface area contributed by atoms with Crippen LogP contribution in [0.4, 0.5) is 0 Å². The number of nitrogens with two attached hydrogens (primary N) is 2. The number of rotatable bonds is 5. The van der Waals surface area contributed by atoms with E-state index in [4.69, 9.17) is 27.8 Å². The summed E-state index contributed by atoms with van der Waals surface area (Å²) in [5.74, 6) is 1.06. The SMILES string of the molecule is CCOc1c(Cl)cc(C(C)C)cc1C(N)CN. The molecule has 0 saturated carbocycles. The topological polar surface area (TPSA) is 61.3 Å². The Morgan fingerprint density at radius 3 is 2.47 bits per heavy atom. The van der Waals surface area contributed by atoms with Crippen LogP contribution in [0.1, 0.15) is 43.9 Å². The average Bonchev–Trinajstić information content (AvgIpc) is 2.30. The molecule has 0 amide bonds. The molecule has 1 aromatic rings. The number of ether oxygens (including phenoxy) is 1. The lowest BCUT2D eigenvalue weighted by Gasteiger charge is -2.19. The monoisotopic (exact) mass is 256 g/mol. The zero-order valence-electron chi connectivity index (χ0n) is 10.7. The number of hydrogen-bond donors (Lipinski definition) is 2. The van der Waals surface area contributed by atoms with Crippen LogP contribution in [-0.4, -0.2) is 13.2 Å². The lowest BCUT2D eigenvalue weighted by atomic mass is 9.97. The van der Waals surface area contributed by atoms with Crippen LogP contribution in [0.2, 0.25) is 5.02 Å². The maximum absolute atomic E-state index is 6.24. The Morgan fingerprint density at radius 1 is 1.35 bits per heavy atom. The fourth-order valence-electron chi connectivity index (χ4n) is 1.67. The van der Waals surface area contributed by atoms with Gasteiger partial charge < -0.3 is 16.2 Å². The highest BCUT2D eigenvalue weighted by Crippen LogP contribution is 2.35. The van der Waals surface area contributed by atoms with Crippen LogP contribution in [0.25, 0.3) is 0 Å². The maximum Gasteiger partial charge on any atom is 0.142 e. The van der Waals surface area contributed by atoms with Gasteiger partial charge in [0.2, 0.25) is 0 Å². The van der Waals surface area contributed by atoms with Gasteiger partial charge in [0.05, 0.1) is 11.6 Å². The molecule has 1 rings (SSSR count). The third-order valence-corrected chi connectivity index (χ3v) is 2.98. The van der Waals surface area contributed by atoms with Crippen LogP contribution < -0.4 is 16.2 Å². The summed E-state index contributed by atoms with van der Waals surface area (Å²) in [7, 11) is 0. The minimum absolute atomic E-state index is 0.243. The van der Waals surface area contributed by atoms with Crippen molar-refractivity contribution in [3.8, 4) is 5.75 Å². The molecule has 17 heavy (non-hydrogen) atoms. The van der Waals surface area contributed by atoms with E-state index in [0.29, 0.717) is 29.8 Å². The lowest BCUT2D eigenvalue weighted by Crippen LogP contribution is -2.22. The Kier molecular flexibility index (Phi) is 5.25. The Hall–Kier alpha value is -0.770. The Bertz CT molecular complexity index is 380. The molecule has 0 bridgehead atoms. The van der Waals surface area contributed by atoms with Gasteiger partial charge in [-0.1, -0.05) is 31.5 Å². The minimum atomic E-state index is -0.243. The van der Waals surface area contributed by atoms with Crippen LogP contribution in [0.5, 0.6) is 5.75 Å². The van der Waals surface area contributed by atoms with Gasteiger partial charge in [0.15, 0.2) is 0 Å². The largest absolute Gasteiger partial charge is 0.492 e. The van der Waals surface area contributed by atoms with Gasteiger partial charge in [-0.25, -0.2) is 0 Å². The summed E-state index contributed by atoms with van der Waals surface area (Å²) in [5.41, 5.74) is 13.7. The van der Waals surface area contributed by atoms with Gasteiger partial charge in [-0.15, -0.1) is 0 Å². The quantitative estimate of drug-likeness (QED) is 0.852. The first kappa shape index (κ1) is 14.3. The second-order valence-corrected chi connectivity index (χ2v) is 4.76. The van der Waals surface area contributed by atoms with Crippen molar-refractivity contribution >= 4 is 11.6 Å². The van der Waals surface area contributed by atoms with Crippen molar-refractivity contribution < 1.29 is 4.74 Å². The van der Waals surface area contributed by atoms with Crippen LogP contribution in [0.15, 0.2) is 12.1 Å². The standard InChI is InChI=1S/C13H21ClN2O/c1-4-17-13-10(12(16)7-15)5-9(8(2)3)6-11(13)14/h5-6,8,12H,4,7,15-16H2,1-3H3. The molecule has 1 aromatic carbocycles. The molecule has 0 aliphatic carbocycles. The number of benzene rings is 1. The summed E-state index contributed by atoms with van der Waals surface area (Å²) in [5, 5.41) is 0.608. The molecule has 0 saturated heterocycles. The van der Waals surface area contributed by atoms with E-state index >= 15 is 0 Å². The molecule has 1 unspecified atom stereocenters. The molecule has 0 fully saturated rings. The molecule has 0 aliphatic rings. The summed E-state index contributed by atoms with van der Waals surface area (Å²) in [6, 6.07) is 3.73. The van der Waals surface area contributed by atoms with E-state index in [2.05, 4.69) is 13.8 Å². The summed E-state index contributed by atoms with van der Waals surface area (Å²) in [6.07, 6.45) is 0. The van der Waals surface area contributed by atoms with Gasteiger partial charge >= 0.3 is 0 Å². The first-order valence-corrected chi connectivity index (χ1v) is 6.30. The van der Waals surface area contributed by atoms with Crippen LogP contribution in [-0.2, 0) is 0 Å². The lowest BCUT2D eigenvalue weighted by molar-refractivity contribution is 0.334. The van der Waals surface area contributed by atoms with Gasteiger partial charge in [-0.3, -0.25) is 0 Å². The van der Waals surface area contributed by atoms with E-state index in [1.54, 1.807) is 0 Å². The molecule has 96 valence electrons. The Labute approximate surface area is 108 Å². The van der Waals surface area contributed by atoms with Crippen LogP contribution in [0.3, 0.4) is 0 Å². The second-order valence-electron chi connectivity index (χ2n) is 4.35. The highest BCUT2D eigenvalue weighted by molar-refractivity contribution is 6.32. The molecule has 0 radical (unpaired) electrons. The molecule has 4 heteroatoms. The fraction of sp³-hybridized carbons (Fsp3) is 0.538. The van der Waals surface area contributed by atoms with Crippen molar-refractivity contribution in [2.24, 2.45) is 11.5 Å². The van der Waals surface area contributed by atoms with Crippen molar-refractivity contribution in [2.75, 3.05) is 13.2 Å². The van der Waals surface area contributed by atoms with Gasteiger partial charge in [0, 0.05) is 18.2 Å². The summed E-state index contributed by atoms with van der Waals surface area (Å²) in [6.45, 7) is 7.08. The Balaban J connectivity index is 3.28. The highest BCUT2D eigenvalue weighted by Gasteiger charge is 2.16. The number of hydrogen-bond acceptors (Lipinski definition) is 3. The molecule has 1 atom stereocenters. The van der Waals surface area contributed by atoms with Gasteiger partial charge in [0.25, 0.3) is 0 Å². The van der Waals surface area contributed by atoms with Crippen molar-refractivity contribution in [1.82, 2.24) is 0 Å². The fourth-order valence-corrected chi connectivity index (χ4v) is 1.96. The van der Waals surface area contributed by atoms with E-state index in [-0.39, 0.29) is 6.04 Å².